The fourth-order valence-corrected chi connectivity index (χ4v) is 4.91. The molecule has 40 heavy (non-hydrogen) atoms. The summed E-state index contributed by atoms with van der Waals surface area (Å²) in [6.45, 7) is 2.72. The number of aromatic nitrogens is 5. The maximum Gasteiger partial charge on any atom is 0.318 e. The van der Waals surface area contributed by atoms with Crippen LogP contribution in [0.25, 0.3) is 5.65 Å². The summed E-state index contributed by atoms with van der Waals surface area (Å²) in [6, 6.07) is -0.438. The smallest absolute Gasteiger partial charge is 0.318 e. The van der Waals surface area contributed by atoms with Crippen LogP contribution >= 0.6 is 0 Å². The second kappa shape index (κ2) is 11.4. The predicted molar refractivity (Wildman–Crippen MR) is 135 cm³/mol. The molecule has 1 aliphatic carbocycles. The summed E-state index contributed by atoms with van der Waals surface area (Å²) in [4.78, 5) is 31.5. The zero-order valence-electron chi connectivity index (χ0n) is 22.5. The van der Waals surface area contributed by atoms with Crippen LogP contribution in [-0.2, 0) is 9.47 Å². The van der Waals surface area contributed by atoms with Gasteiger partial charge in [0, 0.05) is 25.2 Å². The average Bonchev–Trinajstić information content (AvgIpc) is 3.49. The number of urea groups is 1. The van der Waals surface area contributed by atoms with Crippen molar-refractivity contribution in [2.45, 2.75) is 63.1 Å². The zero-order valence-corrected chi connectivity index (χ0v) is 22.5. The first-order valence-electron chi connectivity index (χ1n) is 13.3. The molecule has 3 atom stereocenters. The molecule has 0 radical (unpaired) electrons. The molecule has 2 fully saturated rings. The fraction of sp³-hybridized carbons (Fsp3) is 0.600. The van der Waals surface area contributed by atoms with Crippen molar-refractivity contribution in [1.82, 2.24) is 40.4 Å². The monoisotopic (exact) mass is 562 g/mol. The number of fused-ring (bicyclic) bond motifs is 1. The van der Waals surface area contributed by atoms with E-state index in [9.17, 15) is 18.4 Å². The second-order valence-electron chi connectivity index (χ2n) is 10.00. The minimum Gasteiger partial charge on any atom is -0.382 e. The standard InChI is InChI=1S/C25H32F2N8O5/c1-4-18(39-5-2)21(31-23(36)22-20(14-6-7-14)32-40-33-22)16-10-35-19(30-16)8-15(9-29-35)17(11-38-3)34-13-25(26,27)12-28-24(34)37/h8-10,14,17-18,21H,4-7,11-13H2,1-3H3,(H,28,37)(H,31,36)/t17-,18-,21?/m1/s1. The second-order valence-corrected chi connectivity index (χ2v) is 10.00. The van der Waals surface area contributed by atoms with E-state index in [1.165, 1.54) is 17.8 Å². The summed E-state index contributed by atoms with van der Waals surface area (Å²) in [5.41, 5.74) is 2.03. The van der Waals surface area contributed by atoms with E-state index in [1.807, 2.05) is 13.8 Å². The molecule has 1 aliphatic heterocycles. The molecule has 5 rings (SSSR count). The Hall–Kier alpha value is -3.72. The van der Waals surface area contributed by atoms with E-state index in [0.29, 0.717) is 35.6 Å². The van der Waals surface area contributed by atoms with Gasteiger partial charge in [-0.25, -0.2) is 27.7 Å². The van der Waals surface area contributed by atoms with Crippen molar-refractivity contribution in [3.63, 3.8) is 0 Å². The van der Waals surface area contributed by atoms with Crippen LogP contribution in [0.4, 0.5) is 13.6 Å². The highest BCUT2D eigenvalue weighted by molar-refractivity contribution is 5.93. The van der Waals surface area contributed by atoms with Crippen molar-refractivity contribution < 1.29 is 32.5 Å². The van der Waals surface area contributed by atoms with E-state index < -0.39 is 49.1 Å². The number of rotatable bonds is 12. The topological polar surface area (TPSA) is 149 Å². The van der Waals surface area contributed by atoms with Gasteiger partial charge in [0.15, 0.2) is 11.3 Å². The fourth-order valence-electron chi connectivity index (χ4n) is 4.91. The lowest BCUT2D eigenvalue weighted by atomic mass is 10.0. The van der Waals surface area contributed by atoms with Crippen molar-refractivity contribution in [2.24, 2.45) is 0 Å². The van der Waals surface area contributed by atoms with Crippen LogP contribution in [0.1, 0.15) is 78.6 Å². The number of amides is 3. The van der Waals surface area contributed by atoms with Gasteiger partial charge in [0.25, 0.3) is 11.8 Å². The van der Waals surface area contributed by atoms with Crippen LogP contribution in [0, 0.1) is 0 Å². The third kappa shape index (κ3) is 5.75. The van der Waals surface area contributed by atoms with Gasteiger partial charge in [0.1, 0.15) is 5.69 Å². The summed E-state index contributed by atoms with van der Waals surface area (Å²) < 4.78 is 45.9. The highest BCUT2D eigenvalue weighted by Gasteiger charge is 2.42. The summed E-state index contributed by atoms with van der Waals surface area (Å²) in [6.07, 6.45) is 5.17. The molecule has 216 valence electrons. The van der Waals surface area contributed by atoms with Crippen LogP contribution in [0.5, 0.6) is 0 Å². The first kappa shape index (κ1) is 27.8. The molecule has 0 bridgehead atoms. The lowest BCUT2D eigenvalue weighted by molar-refractivity contribution is -0.0509. The number of imidazole rings is 1. The van der Waals surface area contributed by atoms with E-state index in [1.54, 1.807) is 12.3 Å². The maximum absolute atomic E-state index is 14.2. The largest absolute Gasteiger partial charge is 0.382 e. The zero-order chi connectivity index (χ0) is 28.4. The highest BCUT2D eigenvalue weighted by Crippen LogP contribution is 2.40. The lowest BCUT2D eigenvalue weighted by Crippen LogP contribution is -2.58. The van der Waals surface area contributed by atoms with Crippen LogP contribution in [0.3, 0.4) is 0 Å². The molecule has 0 aromatic carbocycles. The number of hydrogen-bond donors (Lipinski definition) is 2. The summed E-state index contributed by atoms with van der Waals surface area (Å²) in [5.74, 6) is -3.37. The number of ether oxygens (including phenoxy) is 2. The van der Waals surface area contributed by atoms with Crippen LogP contribution in [-0.4, -0.2) is 87.2 Å². The Morgan fingerprint density at radius 1 is 1.32 bits per heavy atom. The number of carbonyl (C=O) groups is 2. The van der Waals surface area contributed by atoms with Gasteiger partial charge in [-0.05, 0) is 37.4 Å². The van der Waals surface area contributed by atoms with Gasteiger partial charge in [0.2, 0.25) is 0 Å². The number of alkyl halides is 2. The van der Waals surface area contributed by atoms with Crippen molar-refractivity contribution in [3.05, 3.63) is 41.1 Å². The minimum absolute atomic E-state index is 0.0229. The van der Waals surface area contributed by atoms with Crippen molar-refractivity contribution >= 4 is 17.6 Å². The third-order valence-corrected chi connectivity index (χ3v) is 7.06. The molecule has 0 spiro atoms. The molecule has 1 unspecified atom stereocenters. The summed E-state index contributed by atoms with van der Waals surface area (Å²) in [7, 11) is 1.43. The Bertz CT molecular complexity index is 1360. The average molecular weight is 563 g/mol. The number of halogens is 2. The molecular formula is C25H32F2N8O5. The van der Waals surface area contributed by atoms with Gasteiger partial charge in [0.05, 0.1) is 56.0 Å². The number of nitrogens with zero attached hydrogens (tertiary/aromatic N) is 6. The van der Waals surface area contributed by atoms with Crippen molar-refractivity contribution in [2.75, 3.05) is 33.4 Å². The van der Waals surface area contributed by atoms with Crippen molar-refractivity contribution in [3.8, 4) is 0 Å². The minimum atomic E-state index is -3.09. The molecule has 4 heterocycles. The van der Waals surface area contributed by atoms with Gasteiger partial charge in [-0.15, -0.1) is 0 Å². The molecule has 3 aromatic rings. The van der Waals surface area contributed by atoms with E-state index in [0.717, 1.165) is 17.7 Å². The maximum atomic E-state index is 14.2. The van der Waals surface area contributed by atoms with Crippen molar-refractivity contribution in [1.29, 1.82) is 0 Å². The van der Waals surface area contributed by atoms with E-state index >= 15 is 0 Å². The molecule has 3 amide bonds. The Labute approximate surface area is 228 Å². The Kier molecular flexibility index (Phi) is 7.94. The predicted octanol–water partition coefficient (Wildman–Crippen LogP) is 2.62. The molecule has 15 heteroatoms. The third-order valence-electron chi connectivity index (χ3n) is 7.06. The van der Waals surface area contributed by atoms with E-state index in [2.05, 4.69) is 26.0 Å². The molecule has 13 nitrogen and oxygen atoms in total. The quantitative estimate of drug-likeness (QED) is 0.340. The molecular weight excluding hydrogens is 530 g/mol. The highest BCUT2D eigenvalue weighted by atomic mass is 19.3. The molecule has 2 aliphatic rings. The Balaban J connectivity index is 1.46. The number of nitrogens with one attached hydrogen (secondary N) is 2. The van der Waals surface area contributed by atoms with Gasteiger partial charge in [-0.3, -0.25) is 4.79 Å². The Morgan fingerprint density at radius 3 is 2.83 bits per heavy atom. The first-order chi connectivity index (χ1) is 19.2. The van der Waals surface area contributed by atoms with Gasteiger partial charge >= 0.3 is 6.03 Å². The number of hydrogen-bond acceptors (Lipinski definition) is 9. The molecule has 1 saturated heterocycles. The van der Waals surface area contributed by atoms with E-state index in [4.69, 9.17) is 19.1 Å². The van der Waals surface area contributed by atoms with Crippen LogP contribution in [0.2, 0.25) is 0 Å². The van der Waals surface area contributed by atoms with Crippen LogP contribution in [0.15, 0.2) is 23.1 Å². The number of methoxy groups -OCH3 is 1. The van der Waals surface area contributed by atoms with Crippen LogP contribution < -0.4 is 10.6 Å². The van der Waals surface area contributed by atoms with Gasteiger partial charge in [-0.2, -0.15) is 5.10 Å². The molecule has 2 N–H and O–H groups in total. The van der Waals surface area contributed by atoms with E-state index in [-0.39, 0.29) is 18.2 Å². The summed E-state index contributed by atoms with van der Waals surface area (Å²) >= 11 is 0. The normalized spacial score (nSPS) is 19.3. The first-order valence-corrected chi connectivity index (χ1v) is 13.3. The molecule has 1 saturated carbocycles. The SMILES string of the molecule is CCO[C@H](CC)C(NC(=O)c1nonc1C1CC1)c1cn2ncc([C@@H](COC)N3CC(F)(F)CNC3=O)cc2n1. The Morgan fingerprint density at radius 2 is 2.12 bits per heavy atom. The summed E-state index contributed by atoms with van der Waals surface area (Å²) in [5, 5.41) is 17.4. The number of carbonyl (C=O) groups excluding carboxylic acids is 2. The van der Waals surface area contributed by atoms with Gasteiger partial charge < -0.3 is 25.0 Å². The lowest BCUT2D eigenvalue weighted by Gasteiger charge is -2.38. The molecule has 3 aromatic heterocycles. The van der Waals surface area contributed by atoms with Gasteiger partial charge in [-0.1, -0.05) is 12.1 Å².